The number of aliphatic carboxylic acids is 1. The molecule has 18 heteroatoms. The molecule has 1 aliphatic rings. The number of Topliss-reactive ketones (excluding diaryl/α,β-unsaturated/α-hetero) is 1. The van der Waals surface area contributed by atoms with Crippen LogP contribution in [0.3, 0.4) is 0 Å². The van der Waals surface area contributed by atoms with E-state index in [-0.39, 0.29) is 36.8 Å². The van der Waals surface area contributed by atoms with Crippen LogP contribution in [0.2, 0.25) is 5.02 Å². The van der Waals surface area contributed by atoms with Crippen LogP contribution in [0.4, 0.5) is 30.8 Å². The van der Waals surface area contributed by atoms with E-state index in [1.54, 1.807) is 36.4 Å². The van der Waals surface area contributed by atoms with Gasteiger partial charge in [-0.1, -0.05) is 41.9 Å². The Labute approximate surface area is 305 Å². The number of anilines is 3. The number of rotatable bonds is 17. The van der Waals surface area contributed by atoms with Crippen LogP contribution in [0.15, 0.2) is 72.8 Å². The van der Waals surface area contributed by atoms with Crippen molar-refractivity contribution in [2.45, 2.75) is 43.4 Å². The third kappa shape index (κ3) is 10.8. The Balaban J connectivity index is 1.19. The fraction of sp³-hybridized carbons (Fsp3) is 0.286. The maximum Gasteiger partial charge on any atom is 0.422 e. The Kier molecular flexibility index (Phi) is 12.0. The van der Waals surface area contributed by atoms with Gasteiger partial charge < -0.3 is 35.8 Å². The first-order valence-corrected chi connectivity index (χ1v) is 16.4. The number of carbonyl (C=O) groups is 4. The fourth-order valence-electron chi connectivity index (χ4n) is 5.14. The Hall–Kier alpha value is -5.97. The molecule has 1 aliphatic carbocycles. The lowest BCUT2D eigenvalue weighted by Crippen LogP contribution is -2.43. The van der Waals surface area contributed by atoms with E-state index in [1.165, 1.54) is 31.4 Å². The highest BCUT2D eigenvalue weighted by molar-refractivity contribution is 6.36. The van der Waals surface area contributed by atoms with Gasteiger partial charge in [-0.05, 0) is 67.3 Å². The molecular weight excluding hydrogens is 723 g/mol. The number of ketones is 1. The molecule has 0 radical (unpaired) electrons. The Morgan fingerprint density at radius 2 is 1.62 bits per heavy atom. The van der Waals surface area contributed by atoms with Gasteiger partial charge in [0.2, 0.25) is 17.7 Å². The highest BCUT2D eigenvalue weighted by atomic mass is 35.5. The molecule has 1 heterocycles. The van der Waals surface area contributed by atoms with Gasteiger partial charge in [0.15, 0.2) is 6.61 Å². The van der Waals surface area contributed by atoms with Gasteiger partial charge in [-0.25, -0.2) is 4.79 Å². The zero-order chi connectivity index (χ0) is 38.2. The second-order valence-corrected chi connectivity index (χ2v) is 12.3. The van der Waals surface area contributed by atoms with Gasteiger partial charge in [-0.2, -0.15) is 28.1 Å². The monoisotopic (exact) mass is 755 g/mol. The average Bonchev–Trinajstić information content (AvgIpc) is 3.90. The third-order valence-corrected chi connectivity index (χ3v) is 8.25. The minimum atomic E-state index is -4.64. The molecule has 5 N–H and O–H groups in total. The number of ether oxygens (including phenoxy) is 2. The van der Waals surface area contributed by atoms with E-state index >= 15 is 0 Å². The van der Waals surface area contributed by atoms with Gasteiger partial charge in [-0.15, -0.1) is 0 Å². The van der Waals surface area contributed by atoms with E-state index in [4.69, 9.17) is 21.1 Å². The summed E-state index contributed by atoms with van der Waals surface area (Å²) in [6, 6.07) is 17.4. The molecule has 3 aromatic carbocycles. The molecule has 278 valence electrons. The van der Waals surface area contributed by atoms with Crippen molar-refractivity contribution < 1.29 is 46.9 Å². The molecule has 0 bridgehead atoms. The van der Waals surface area contributed by atoms with E-state index in [1.807, 2.05) is 12.1 Å². The molecule has 14 nitrogen and oxygen atoms in total. The zero-order valence-corrected chi connectivity index (χ0v) is 28.8. The number of amides is 2. The molecule has 1 atom stereocenters. The zero-order valence-electron chi connectivity index (χ0n) is 28.0. The molecule has 0 aliphatic heterocycles. The van der Waals surface area contributed by atoms with E-state index in [2.05, 4.69) is 36.2 Å². The summed E-state index contributed by atoms with van der Waals surface area (Å²) in [6.07, 6.45) is -3.68. The molecule has 0 unspecified atom stereocenters. The number of hydrogen-bond acceptors (Lipinski definition) is 11. The molecular formula is C35H33ClF3N7O7. The summed E-state index contributed by atoms with van der Waals surface area (Å²) in [5.41, 5.74) is 1.23. The standard InChI is InChI=1S/C35H33ClF3N7O7/c1-52-27-5-3-2-4-21(27)18-26(47)29(49)40-17-14-25(30(50)51)42-28(48)20-6-12-24(13-7-20)41-31-43-32(45-33(44-31)53-19-35(37,38)39)46-34(15-16-34)22-8-10-23(36)11-9-22/h2-13,25H,14-19H2,1H3,(H,40,49)(H,42,48)(H,50,51)(H2,41,43,44,45,46)/t25-/m0/s1. The number of halogens is 4. The molecule has 0 saturated heterocycles. The number of para-hydroxylation sites is 1. The number of nitrogens with zero attached hydrogens (tertiary/aromatic N) is 3. The highest BCUT2D eigenvalue weighted by Crippen LogP contribution is 2.48. The van der Waals surface area contributed by atoms with Crippen LogP contribution in [-0.2, 0) is 26.3 Å². The van der Waals surface area contributed by atoms with Crippen molar-refractivity contribution in [1.82, 2.24) is 25.6 Å². The first-order valence-electron chi connectivity index (χ1n) is 16.1. The number of carbonyl (C=O) groups excluding carboxylic acids is 3. The molecule has 53 heavy (non-hydrogen) atoms. The first kappa shape index (κ1) is 38.3. The molecule has 2 amide bonds. The van der Waals surface area contributed by atoms with Crippen LogP contribution in [0.1, 0.15) is 40.7 Å². The minimum Gasteiger partial charge on any atom is -0.496 e. The van der Waals surface area contributed by atoms with Crippen molar-refractivity contribution in [3.8, 4) is 11.8 Å². The Morgan fingerprint density at radius 3 is 2.26 bits per heavy atom. The quantitative estimate of drug-likeness (QED) is 0.0925. The number of aromatic nitrogens is 3. The maximum absolute atomic E-state index is 12.9. The topological polar surface area (TPSA) is 194 Å². The van der Waals surface area contributed by atoms with Gasteiger partial charge in [0.25, 0.3) is 11.8 Å². The SMILES string of the molecule is COc1ccccc1CC(=O)C(=O)NCC[C@H](NC(=O)c1ccc(Nc2nc(NC3(c4ccc(Cl)cc4)CC3)nc(OCC(F)(F)F)n2)cc1)C(=O)O. The van der Waals surface area contributed by atoms with Crippen LogP contribution < -0.4 is 30.7 Å². The van der Waals surface area contributed by atoms with Crippen molar-refractivity contribution in [3.63, 3.8) is 0 Å². The van der Waals surface area contributed by atoms with E-state index in [0.717, 1.165) is 5.56 Å². The van der Waals surface area contributed by atoms with Crippen LogP contribution in [0.25, 0.3) is 0 Å². The minimum absolute atomic E-state index is 0.0418. The van der Waals surface area contributed by atoms with Gasteiger partial charge in [0.05, 0.1) is 12.6 Å². The predicted molar refractivity (Wildman–Crippen MR) is 185 cm³/mol. The lowest BCUT2D eigenvalue weighted by Gasteiger charge is -2.19. The average molecular weight is 756 g/mol. The molecule has 1 fully saturated rings. The molecule has 5 rings (SSSR count). The van der Waals surface area contributed by atoms with Gasteiger partial charge in [0, 0.05) is 34.8 Å². The number of carboxylic acids is 1. The van der Waals surface area contributed by atoms with E-state index < -0.39 is 53.9 Å². The van der Waals surface area contributed by atoms with Crippen molar-refractivity contribution >= 4 is 52.8 Å². The summed E-state index contributed by atoms with van der Waals surface area (Å²) < 4.78 is 48.8. The van der Waals surface area contributed by atoms with Crippen molar-refractivity contribution in [1.29, 1.82) is 0 Å². The van der Waals surface area contributed by atoms with Crippen molar-refractivity contribution in [2.75, 3.05) is 30.9 Å². The fourth-order valence-corrected chi connectivity index (χ4v) is 5.26. The Bertz CT molecular complexity index is 1960. The molecule has 1 saturated carbocycles. The summed E-state index contributed by atoms with van der Waals surface area (Å²) in [5, 5.41) is 21.0. The van der Waals surface area contributed by atoms with Gasteiger partial charge in [-0.3, -0.25) is 14.4 Å². The van der Waals surface area contributed by atoms with Crippen LogP contribution in [0, 0.1) is 0 Å². The van der Waals surface area contributed by atoms with E-state index in [9.17, 15) is 37.5 Å². The highest BCUT2D eigenvalue weighted by Gasteiger charge is 2.45. The van der Waals surface area contributed by atoms with Crippen LogP contribution in [-0.4, -0.2) is 76.1 Å². The largest absolute Gasteiger partial charge is 0.496 e. The number of carboxylic acid groups (broad SMARTS) is 1. The number of alkyl halides is 3. The van der Waals surface area contributed by atoms with Crippen LogP contribution >= 0.6 is 11.6 Å². The Morgan fingerprint density at radius 1 is 0.943 bits per heavy atom. The summed E-state index contributed by atoms with van der Waals surface area (Å²) in [5.74, 6) is -3.52. The molecule has 1 aromatic heterocycles. The second kappa shape index (κ2) is 16.6. The van der Waals surface area contributed by atoms with Crippen molar-refractivity contribution in [3.05, 3.63) is 94.5 Å². The van der Waals surface area contributed by atoms with Gasteiger partial charge >= 0.3 is 18.2 Å². The summed E-state index contributed by atoms with van der Waals surface area (Å²) in [4.78, 5) is 61.8. The molecule has 0 spiro atoms. The normalized spacial score (nSPS) is 13.6. The lowest BCUT2D eigenvalue weighted by molar-refractivity contribution is -0.154. The molecule has 4 aromatic rings. The number of methoxy groups -OCH3 is 1. The van der Waals surface area contributed by atoms with Crippen molar-refractivity contribution in [2.24, 2.45) is 0 Å². The smallest absolute Gasteiger partial charge is 0.422 e. The number of benzene rings is 3. The third-order valence-electron chi connectivity index (χ3n) is 8.00. The summed E-state index contributed by atoms with van der Waals surface area (Å²) in [6.45, 7) is -1.84. The van der Waals surface area contributed by atoms with Crippen LogP contribution in [0.5, 0.6) is 11.8 Å². The number of nitrogens with one attached hydrogen (secondary N) is 4. The van der Waals surface area contributed by atoms with E-state index in [0.29, 0.717) is 34.9 Å². The van der Waals surface area contributed by atoms with Gasteiger partial charge in [0.1, 0.15) is 11.8 Å². The first-order chi connectivity index (χ1) is 25.2. The predicted octanol–water partition coefficient (Wildman–Crippen LogP) is 4.82. The number of hydrogen-bond donors (Lipinski definition) is 5. The second-order valence-electron chi connectivity index (χ2n) is 11.9. The summed E-state index contributed by atoms with van der Waals surface area (Å²) >= 11 is 6.02. The summed E-state index contributed by atoms with van der Waals surface area (Å²) in [7, 11) is 1.44. The lowest BCUT2D eigenvalue weighted by atomic mass is 10.1. The maximum atomic E-state index is 12.9.